The first-order valence-corrected chi connectivity index (χ1v) is 10.8. The van der Waals surface area contributed by atoms with Crippen LogP contribution in [0.15, 0.2) is 57.9 Å². The number of methoxy groups -OCH3 is 1. The minimum Gasteiger partial charge on any atom is -0.465 e. The number of carbonyl (C=O) groups is 3. The van der Waals surface area contributed by atoms with Crippen molar-refractivity contribution in [1.82, 2.24) is 4.72 Å². The number of anilines is 1. The molecule has 1 unspecified atom stereocenters. The molecule has 29 heavy (non-hydrogen) atoms. The van der Waals surface area contributed by atoms with E-state index >= 15 is 0 Å². The van der Waals surface area contributed by atoms with E-state index in [9.17, 15) is 22.8 Å². The average molecular weight is 481 g/mol. The van der Waals surface area contributed by atoms with Gasteiger partial charge in [0, 0.05) is 11.0 Å². The van der Waals surface area contributed by atoms with Crippen LogP contribution < -0.4 is 9.62 Å². The van der Waals surface area contributed by atoms with Crippen molar-refractivity contribution >= 4 is 49.4 Å². The molecule has 8 nitrogen and oxygen atoms in total. The Labute approximate surface area is 176 Å². The van der Waals surface area contributed by atoms with Gasteiger partial charge in [0.05, 0.1) is 18.4 Å². The first-order valence-electron chi connectivity index (χ1n) is 8.56. The van der Waals surface area contributed by atoms with E-state index in [0.29, 0.717) is 10.2 Å². The van der Waals surface area contributed by atoms with Crippen LogP contribution in [0.4, 0.5) is 5.69 Å². The molecule has 1 aliphatic heterocycles. The lowest BCUT2D eigenvalue weighted by molar-refractivity contribution is -0.130. The molecule has 1 N–H and O–H groups in total. The molecule has 1 fully saturated rings. The second-order valence-corrected chi connectivity index (χ2v) is 8.75. The van der Waals surface area contributed by atoms with E-state index < -0.39 is 38.6 Å². The van der Waals surface area contributed by atoms with Crippen molar-refractivity contribution < 1.29 is 27.5 Å². The Bertz CT molecular complexity index is 1090. The molecular formula is C19H17BrN2O6S. The fourth-order valence-corrected chi connectivity index (χ4v) is 4.79. The Kier molecular flexibility index (Phi) is 6.04. The number of esters is 1. The molecule has 2 aromatic rings. The molecule has 1 aliphatic rings. The van der Waals surface area contributed by atoms with Crippen LogP contribution in [-0.2, 0) is 24.3 Å². The van der Waals surface area contributed by atoms with Gasteiger partial charge in [-0.3, -0.25) is 9.59 Å². The van der Waals surface area contributed by atoms with Crippen molar-refractivity contribution in [3.8, 4) is 0 Å². The predicted molar refractivity (Wildman–Crippen MR) is 108 cm³/mol. The van der Waals surface area contributed by atoms with Gasteiger partial charge in [0.1, 0.15) is 10.8 Å². The summed E-state index contributed by atoms with van der Waals surface area (Å²) in [7, 11) is -3.25. The highest BCUT2D eigenvalue weighted by Crippen LogP contribution is 2.31. The summed E-state index contributed by atoms with van der Waals surface area (Å²) in [6.45, 7) is 0.276. The van der Waals surface area contributed by atoms with Gasteiger partial charge >= 0.3 is 5.97 Å². The second kappa shape index (κ2) is 8.34. The number of nitrogens with zero attached hydrogens (tertiary/aromatic N) is 1. The highest BCUT2D eigenvalue weighted by molar-refractivity contribution is 9.10. The van der Waals surface area contributed by atoms with Gasteiger partial charge in [-0.1, -0.05) is 24.3 Å². The molecule has 3 rings (SSSR count). The lowest BCUT2D eigenvalue weighted by atomic mass is 10.1. The van der Waals surface area contributed by atoms with E-state index in [0.717, 1.165) is 7.11 Å². The lowest BCUT2D eigenvalue weighted by Gasteiger charge is -2.18. The first kappa shape index (κ1) is 21.0. The van der Waals surface area contributed by atoms with Gasteiger partial charge in [0.25, 0.3) is 10.0 Å². The molecule has 0 radical (unpaired) electrons. The SMILES string of the molecule is COC(=O)c1ccccc1S(=O)(=O)NC(=O)C1CCN(c2ccccc2Br)C1=O. The summed E-state index contributed by atoms with van der Waals surface area (Å²) < 4.78 is 32.6. The normalized spacial score (nSPS) is 16.6. The van der Waals surface area contributed by atoms with Gasteiger partial charge in [0.2, 0.25) is 11.8 Å². The number of carbonyl (C=O) groups excluding carboxylic acids is 3. The number of amides is 2. The molecule has 1 atom stereocenters. The van der Waals surface area contributed by atoms with Gasteiger partial charge < -0.3 is 9.64 Å². The molecule has 0 spiro atoms. The van der Waals surface area contributed by atoms with Gasteiger partial charge in [-0.25, -0.2) is 17.9 Å². The summed E-state index contributed by atoms with van der Waals surface area (Å²) in [6.07, 6.45) is 0.167. The fraction of sp³-hybridized carbons (Fsp3) is 0.211. The molecule has 0 aromatic heterocycles. The van der Waals surface area contributed by atoms with Crippen molar-refractivity contribution in [3.05, 3.63) is 58.6 Å². The number of hydrogen-bond donors (Lipinski definition) is 1. The summed E-state index contributed by atoms with van der Waals surface area (Å²) in [6, 6.07) is 12.4. The third-order valence-corrected chi connectivity index (χ3v) is 6.56. The number of halogens is 1. The smallest absolute Gasteiger partial charge is 0.339 e. The lowest BCUT2D eigenvalue weighted by Crippen LogP contribution is -2.40. The van der Waals surface area contributed by atoms with E-state index in [1.54, 1.807) is 24.3 Å². The number of sulfonamides is 1. The maximum Gasteiger partial charge on any atom is 0.339 e. The van der Waals surface area contributed by atoms with E-state index in [1.807, 2.05) is 4.72 Å². The summed E-state index contributed by atoms with van der Waals surface area (Å²) in [5.74, 6) is -3.44. The van der Waals surface area contributed by atoms with Crippen molar-refractivity contribution in [2.75, 3.05) is 18.6 Å². The van der Waals surface area contributed by atoms with Gasteiger partial charge in [-0.2, -0.15) is 0 Å². The van der Waals surface area contributed by atoms with Crippen LogP contribution in [-0.4, -0.2) is 39.9 Å². The Morgan fingerprint density at radius 1 is 1.14 bits per heavy atom. The first-order chi connectivity index (χ1) is 13.8. The maximum absolute atomic E-state index is 12.7. The third kappa shape index (κ3) is 4.18. The molecule has 0 aliphatic carbocycles. The zero-order chi connectivity index (χ0) is 21.2. The largest absolute Gasteiger partial charge is 0.465 e. The fourth-order valence-electron chi connectivity index (χ4n) is 3.07. The standard InChI is InChI=1S/C19H17BrN2O6S/c1-28-19(25)12-6-2-5-9-16(12)29(26,27)21-17(23)13-10-11-22(18(13)24)15-8-4-3-7-14(15)20/h2-9,13H,10-11H2,1H3,(H,21,23). The molecule has 0 bridgehead atoms. The monoisotopic (exact) mass is 480 g/mol. The van der Waals surface area contributed by atoms with Crippen LogP contribution in [0.5, 0.6) is 0 Å². The molecule has 2 amide bonds. The van der Waals surface area contributed by atoms with Crippen molar-refractivity contribution in [2.45, 2.75) is 11.3 Å². The summed E-state index contributed by atoms with van der Waals surface area (Å²) in [5, 5.41) is 0. The van der Waals surface area contributed by atoms with Gasteiger partial charge in [0.15, 0.2) is 0 Å². The minimum atomic E-state index is -4.38. The number of para-hydroxylation sites is 1. The minimum absolute atomic E-state index is 0.167. The van der Waals surface area contributed by atoms with Crippen molar-refractivity contribution in [3.63, 3.8) is 0 Å². The van der Waals surface area contributed by atoms with E-state index in [4.69, 9.17) is 0 Å². The van der Waals surface area contributed by atoms with Crippen molar-refractivity contribution in [1.29, 1.82) is 0 Å². The van der Waals surface area contributed by atoms with E-state index in [-0.39, 0.29) is 18.5 Å². The highest BCUT2D eigenvalue weighted by Gasteiger charge is 2.40. The summed E-state index contributed by atoms with van der Waals surface area (Å²) >= 11 is 3.36. The second-order valence-electron chi connectivity index (χ2n) is 6.24. The van der Waals surface area contributed by atoms with Crippen LogP contribution in [0.25, 0.3) is 0 Å². The predicted octanol–water partition coefficient (Wildman–Crippen LogP) is 2.09. The maximum atomic E-state index is 12.7. The Balaban J connectivity index is 1.81. The molecule has 2 aromatic carbocycles. The zero-order valence-electron chi connectivity index (χ0n) is 15.3. The Hall–Kier alpha value is -2.72. The van der Waals surface area contributed by atoms with Crippen molar-refractivity contribution in [2.24, 2.45) is 5.92 Å². The highest BCUT2D eigenvalue weighted by atomic mass is 79.9. The molecule has 1 heterocycles. The zero-order valence-corrected chi connectivity index (χ0v) is 17.7. The summed E-state index contributed by atoms with van der Waals surface area (Å²) in [5.41, 5.74) is 0.398. The quantitative estimate of drug-likeness (QED) is 0.518. The van der Waals surface area contributed by atoms with Crippen LogP contribution in [0.3, 0.4) is 0 Å². The molecule has 152 valence electrons. The summed E-state index contributed by atoms with van der Waals surface area (Å²) in [4.78, 5) is 38.2. The topological polar surface area (TPSA) is 110 Å². The van der Waals surface area contributed by atoms with Crippen LogP contribution in [0.2, 0.25) is 0 Å². The Morgan fingerprint density at radius 2 is 1.79 bits per heavy atom. The van der Waals surface area contributed by atoms with E-state index in [2.05, 4.69) is 20.7 Å². The Morgan fingerprint density at radius 3 is 2.48 bits per heavy atom. The molecular weight excluding hydrogens is 464 g/mol. The third-order valence-electron chi connectivity index (χ3n) is 4.48. The number of ether oxygens (including phenoxy) is 1. The molecule has 1 saturated heterocycles. The van der Waals surface area contributed by atoms with Crippen LogP contribution >= 0.6 is 15.9 Å². The van der Waals surface area contributed by atoms with Crippen LogP contribution in [0.1, 0.15) is 16.8 Å². The van der Waals surface area contributed by atoms with Gasteiger partial charge in [-0.15, -0.1) is 0 Å². The van der Waals surface area contributed by atoms with Gasteiger partial charge in [-0.05, 0) is 46.6 Å². The number of hydrogen-bond acceptors (Lipinski definition) is 6. The van der Waals surface area contributed by atoms with Crippen LogP contribution in [0, 0.1) is 5.92 Å². The van der Waals surface area contributed by atoms with E-state index in [1.165, 1.54) is 29.2 Å². The number of rotatable bonds is 5. The number of benzene rings is 2. The number of nitrogens with one attached hydrogen (secondary N) is 1. The average Bonchev–Trinajstić information content (AvgIpc) is 3.08. The molecule has 10 heteroatoms. The molecule has 0 saturated carbocycles.